The van der Waals surface area contributed by atoms with Crippen molar-refractivity contribution in [1.82, 2.24) is 4.98 Å². The predicted molar refractivity (Wildman–Crippen MR) is 77.0 cm³/mol. The van der Waals surface area contributed by atoms with Crippen molar-refractivity contribution in [2.45, 2.75) is 12.5 Å². The highest BCUT2D eigenvalue weighted by Gasteiger charge is 2.06. The van der Waals surface area contributed by atoms with Crippen LogP contribution in [-0.4, -0.2) is 11.6 Å². The molecule has 1 unspecified atom stereocenters. The van der Waals surface area contributed by atoms with Crippen molar-refractivity contribution < 1.29 is 4.74 Å². The van der Waals surface area contributed by atoms with Crippen LogP contribution in [0.4, 0.5) is 0 Å². The molecular formula is C16H18N2O. The summed E-state index contributed by atoms with van der Waals surface area (Å²) in [5.41, 5.74) is 8.46. The topological polar surface area (TPSA) is 48.1 Å². The van der Waals surface area contributed by atoms with Gasteiger partial charge in [-0.05, 0) is 41.8 Å². The summed E-state index contributed by atoms with van der Waals surface area (Å²) in [6, 6.07) is 11.9. The number of hydrogen-bond acceptors (Lipinski definition) is 3. The number of hydrogen-bond donors (Lipinski definition) is 1. The van der Waals surface area contributed by atoms with E-state index in [-0.39, 0.29) is 6.04 Å². The minimum absolute atomic E-state index is 0.0112. The maximum Gasteiger partial charge on any atom is 0.119 e. The van der Waals surface area contributed by atoms with Gasteiger partial charge in [0, 0.05) is 18.4 Å². The first-order valence-electron chi connectivity index (χ1n) is 6.27. The number of pyridine rings is 1. The van der Waals surface area contributed by atoms with E-state index in [9.17, 15) is 0 Å². The van der Waals surface area contributed by atoms with E-state index in [2.05, 4.69) is 11.6 Å². The van der Waals surface area contributed by atoms with E-state index < -0.39 is 0 Å². The zero-order valence-electron chi connectivity index (χ0n) is 10.8. The van der Waals surface area contributed by atoms with Crippen molar-refractivity contribution in [2.24, 2.45) is 5.73 Å². The SMILES string of the molecule is C=CCOc1ccc(CC(N)c2ccncc2)cc1. The molecule has 2 aromatic rings. The molecule has 0 fully saturated rings. The molecule has 19 heavy (non-hydrogen) atoms. The highest BCUT2D eigenvalue weighted by molar-refractivity contribution is 5.29. The summed E-state index contributed by atoms with van der Waals surface area (Å²) in [7, 11) is 0. The van der Waals surface area contributed by atoms with Gasteiger partial charge in [-0.3, -0.25) is 4.98 Å². The molecule has 98 valence electrons. The first-order valence-corrected chi connectivity index (χ1v) is 6.27. The van der Waals surface area contributed by atoms with Crippen molar-refractivity contribution in [3.63, 3.8) is 0 Å². The van der Waals surface area contributed by atoms with E-state index in [1.165, 1.54) is 5.56 Å². The quantitative estimate of drug-likeness (QED) is 0.806. The highest BCUT2D eigenvalue weighted by Crippen LogP contribution is 2.18. The Hall–Kier alpha value is -2.13. The maximum atomic E-state index is 6.17. The van der Waals surface area contributed by atoms with Crippen molar-refractivity contribution in [3.8, 4) is 5.75 Å². The standard InChI is InChI=1S/C16H18N2O/c1-2-11-19-15-5-3-13(4-6-15)12-16(17)14-7-9-18-10-8-14/h2-10,16H,1,11-12,17H2. The van der Waals surface area contributed by atoms with Crippen LogP contribution < -0.4 is 10.5 Å². The second kappa shape index (κ2) is 6.71. The number of ether oxygens (including phenoxy) is 1. The molecule has 2 N–H and O–H groups in total. The molecule has 0 aliphatic rings. The molecule has 0 amide bonds. The average molecular weight is 254 g/mol. The molecule has 0 saturated carbocycles. The van der Waals surface area contributed by atoms with Gasteiger partial charge in [-0.2, -0.15) is 0 Å². The summed E-state index contributed by atoms with van der Waals surface area (Å²) in [5.74, 6) is 0.848. The van der Waals surface area contributed by atoms with E-state index in [0.29, 0.717) is 6.61 Å². The lowest BCUT2D eigenvalue weighted by molar-refractivity contribution is 0.363. The molecule has 1 aromatic heterocycles. The van der Waals surface area contributed by atoms with Crippen molar-refractivity contribution in [1.29, 1.82) is 0 Å². The zero-order valence-corrected chi connectivity index (χ0v) is 10.8. The van der Waals surface area contributed by atoms with Crippen LogP contribution in [0.15, 0.2) is 61.4 Å². The Labute approximate surface area is 113 Å². The van der Waals surface area contributed by atoms with Crippen LogP contribution in [0.3, 0.4) is 0 Å². The van der Waals surface area contributed by atoms with E-state index in [0.717, 1.165) is 17.7 Å². The second-order valence-electron chi connectivity index (χ2n) is 4.33. The van der Waals surface area contributed by atoms with E-state index in [4.69, 9.17) is 10.5 Å². The number of benzene rings is 1. The van der Waals surface area contributed by atoms with Crippen LogP contribution in [-0.2, 0) is 6.42 Å². The van der Waals surface area contributed by atoms with Crippen LogP contribution in [0.1, 0.15) is 17.2 Å². The number of aromatic nitrogens is 1. The Balaban J connectivity index is 1.97. The van der Waals surface area contributed by atoms with Gasteiger partial charge in [0.25, 0.3) is 0 Å². The molecular weight excluding hydrogens is 236 g/mol. The van der Waals surface area contributed by atoms with Crippen molar-refractivity contribution in [3.05, 3.63) is 72.6 Å². The molecule has 1 atom stereocenters. The summed E-state index contributed by atoms with van der Waals surface area (Å²) >= 11 is 0. The molecule has 3 nitrogen and oxygen atoms in total. The van der Waals surface area contributed by atoms with Crippen LogP contribution in [0, 0.1) is 0 Å². The second-order valence-corrected chi connectivity index (χ2v) is 4.33. The average Bonchev–Trinajstić information content (AvgIpc) is 2.47. The fraction of sp³-hybridized carbons (Fsp3) is 0.188. The van der Waals surface area contributed by atoms with Gasteiger partial charge in [-0.25, -0.2) is 0 Å². The molecule has 2 rings (SSSR count). The molecule has 1 aromatic carbocycles. The van der Waals surface area contributed by atoms with Crippen LogP contribution >= 0.6 is 0 Å². The van der Waals surface area contributed by atoms with Crippen molar-refractivity contribution >= 4 is 0 Å². The largest absolute Gasteiger partial charge is 0.490 e. The predicted octanol–water partition coefficient (Wildman–Crippen LogP) is 2.89. The van der Waals surface area contributed by atoms with E-state index in [1.807, 2.05) is 36.4 Å². The van der Waals surface area contributed by atoms with Gasteiger partial charge >= 0.3 is 0 Å². The van der Waals surface area contributed by atoms with E-state index in [1.54, 1.807) is 18.5 Å². The van der Waals surface area contributed by atoms with Gasteiger partial charge in [0.2, 0.25) is 0 Å². The molecule has 0 aliphatic heterocycles. The maximum absolute atomic E-state index is 6.17. The fourth-order valence-electron chi connectivity index (χ4n) is 1.86. The Kier molecular flexibility index (Phi) is 4.70. The first kappa shape index (κ1) is 13.3. The highest BCUT2D eigenvalue weighted by atomic mass is 16.5. The van der Waals surface area contributed by atoms with Gasteiger partial charge < -0.3 is 10.5 Å². The fourth-order valence-corrected chi connectivity index (χ4v) is 1.86. The van der Waals surface area contributed by atoms with Gasteiger partial charge in [0.05, 0.1) is 0 Å². The molecule has 1 heterocycles. The number of nitrogens with two attached hydrogens (primary N) is 1. The third-order valence-corrected chi connectivity index (χ3v) is 2.88. The molecule has 0 aliphatic carbocycles. The summed E-state index contributed by atoms with van der Waals surface area (Å²) in [6.45, 7) is 4.14. The van der Waals surface area contributed by atoms with Gasteiger partial charge in [-0.1, -0.05) is 24.8 Å². The lowest BCUT2D eigenvalue weighted by Crippen LogP contribution is -2.13. The summed E-state index contributed by atoms with van der Waals surface area (Å²) in [4.78, 5) is 3.99. The lowest BCUT2D eigenvalue weighted by atomic mass is 10.0. The zero-order chi connectivity index (χ0) is 13.5. The number of nitrogens with zero attached hydrogens (tertiary/aromatic N) is 1. The molecule has 0 spiro atoms. The van der Waals surface area contributed by atoms with E-state index >= 15 is 0 Å². The summed E-state index contributed by atoms with van der Waals surface area (Å²) < 4.78 is 5.44. The Morgan fingerprint density at radius 1 is 1.16 bits per heavy atom. The van der Waals surface area contributed by atoms with Crippen molar-refractivity contribution in [2.75, 3.05) is 6.61 Å². The summed E-state index contributed by atoms with van der Waals surface area (Å²) in [6.07, 6.45) is 6.06. The van der Waals surface area contributed by atoms with Crippen LogP contribution in [0.5, 0.6) is 5.75 Å². The third kappa shape index (κ3) is 3.93. The van der Waals surface area contributed by atoms with Crippen LogP contribution in [0.2, 0.25) is 0 Å². The molecule has 0 radical (unpaired) electrons. The monoisotopic (exact) mass is 254 g/mol. The minimum atomic E-state index is -0.0112. The van der Waals surface area contributed by atoms with Gasteiger partial charge in [0.15, 0.2) is 0 Å². The Bertz CT molecular complexity index is 508. The number of rotatable bonds is 6. The minimum Gasteiger partial charge on any atom is -0.490 e. The molecule has 3 heteroatoms. The van der Waals surface area contributed by atoms with Crippen LogP contribution in [0.25, 0.3) is 0 Å². The lowest BCUT2D eigenvalue weighted by Gasteiger charge is -2.12. The smallest absolute Gasteiger partial charge is 0.119 e. The summed E-state index contributed by atoms with van der Waals surface area (Å²) in [5, 5.41) is 0. The Morgan fingerprint density at radius 2 is 1.84 bits per heavy atom. The normalized spacial score (nSPS) is 11.8. The molecule has 0 bridgehead atoms. The first-order chi connectivity index (χ1) is 9.29. The molecule has 0 saturated heterocycles. The third-order valence-electron chi connectivity index (χ3n) is 2.88. The van der Waals surface area contributed by atoms with Gasteiger partial charge in [-0.15, -0.1) is 0 Å². The van der Waals surface area contributed by atoms with Gasteiger partial charge in [0.1, 0.15) is 12.4 Å². The Morgan fingerprint density at radius 3 is 2.47 bits per heavy atom.